The van der Waals surface area contributed by atoms with Gasteiger partial charge in [-0.1, -0.05) is 23.2 Å². The Bertz CT molecular complexity index is 895. The highest BCUT2D eigenvalue weighted by atomic mass is 35.5. The second-order valence-corrected chi connectivity index (χ2v) is 7.12. The summed E-state index contributed by atoms with van der Waals surface area (Å²) in [6.45, 7) is 0. The van der Waals surface area contributed by atoms with Crippen LogP contribution in [0.25, 0.3) is 11.3 Å². The van der Waals surface area contributed by atoms with Crippen LogP contribution in [0.1, 0.15) is 0 Å². The van der Waals surface area contributed by atoms with Gasteiger partial charge in [0.2, 0.25) is 0 Å². The molecule has 0 aliphatic carbocycles. The van der Waals surface area contributed by atoms with E-state index >= 15 is 0 Å². The molecule has 1 aromatic carbocycles. The number of benzene rings is 1. The summed E-state index contributed by atoms with van der Waals surface area (Å²) < 4.78 is 38.8. The van der Waals surface area contributed by atoms with Crippen LogP contribution in [0.15, 0.2) is 17.0 Å². The Morgan fingerprint density at radius 2 is 1.95 bits per heavy atom. The number of hydrogen-bond donors (Lipinski definition) is 0. The highest BCUT2D eigenvalue weighted by molar-refractivity contribution is 7.91. The van der Waals surface area contributed by atoms with E-state index in [1.54, 1.807) is 0 Å². The van der Waals surface area contributed by atoms with Crippen LogP contribution in [0.5, 0.6) is 0 Å². The van der Waals surface area contributed by atoms with Gasteiger partial charge in [-0.05, 0) is 0 Å². The fourth-order valence-corrected chi connectivity index (χ4v) is 3.55. The number of rotatable bonds is 3. The lowest BCUT2D eigenvalue weighted by molar-refractivity contribution is -0.384. The minimum Gasteiger partial charge on any atom is -0.258 e. The van der Waals surface area contributed by atoms with Crippen molar-refractivity contribution in [3.8, 4) is 11.3 Å². The molecule has 2 rings (SSSR count). The van der Waals surface area contributed by atoms with E-state index in [0.29, 0.717) is 0 Å². The molecule has 0 bridgehead atoms. The zero-order valence-corrected chi connectivity index (χ0v) is 13.5. The zero-order valence-electron chi connectivity index (χ0n) is 11.2. The predicted molar refractivity (Wildman–Crippen MR) is 78.4 cm³/mol. The van der Waals surface area contributed by atoms with Gasteiger partial charge in [0.25, 0.3) is 5.69 Å². The van der Waals surface area contributed by atoms with E-state index in [-0.39, 0.29) is 16.4 Å². The molecule has 0 spiro atoms. The molecule has 0 atom stereocenters. The molecule has 0 radical (unpaired) electrons. The van der Waals surface area contributed by atoms with Crippen molar-refractivity contribution in [3.05, 3.63) is 38.2 Å². The quantitative estimate of drug-likeness (QED) is 0.613. The summed E-state index contributed by atoms with van der Waals surface area (Å²) in [5.41, 5.74) is -1.26. The minimum absolute atomic E-state index is 0.227. The van der Waals surface area contributed by atoms with Crippen LogP contribution in [-0.2, 0) is 16.9 Å². The maximum atomic E-state index is 14.1. The lowest BCUT2D eigenvalue weighted by Gasteiger charge is -2.04. The third-order valence-electron chi connectivity index (χ3n) is 2.80. The molecule has 0 aliphatic rings. The SMILES string of the molecule is Cn1nc(-c2cc([N+](=O)[O-])c(Cl)cc2F)c(S(C)(=O)=O)c1Cl. The van der Waals surface area contributed by atoms with Crippen LogP contribution >= 0.6 is 23.2 Å². The Morgan fingerprint density at radius 1 is 1.36 bits per heavy atom. The summed E-state index contributed by atoms with van der Waals surface area (Å²) in [6.07, 6.45) is 0.877. The Kier molecular flexibility index (Phi) is 4.16. The molecule has 0 saturated heterocycles. The molecule has 0 aliphatic heterocycles. The molecule has 11 heteroatoms. The fraction of sp³-hybridized carbons (Fsp3) is 0.182. The largest absolute Gasteiger partial charge is 0.288 e. The van der Waals surface area contributed by atoms with E-state index in [9.17, 15) is 22.9 Å². The molecule has 0 amide bonds. The van der Waals surface area contributed by atoms with Gasteiger partial charge in [0.1, 0.15) is 26.6 Å². The van der Waals surface area contributed by atoms with E-state index < -0.39 is 36.2 Å². The Labute approximate surface area is 134 Å². The highest BCUT2D eigenvalue weighted by Crippen LogP contribution is 2.37. The molecule has 22 heavy (non-hydrogen) atoms. The molecule has 1 aromatic heterocycles. The first kappa shape index (κ1) is 16.7. The van der Waals surface area contributed by atoms with Gasteiger partial charge in [-0.15, -0.1) is 0 Å². The van der Waals surface area contributed by atoms with Crippen molar-refractivity contribution in [2.75, 3.05) is 6.26 Å². The first-order valence-corrected chi connectivity index (χ1v) is 8.25. The zero-order chi connectivity index (χ0) is 16.8. The van der Waals surface area contributed by atoms with Gasteiger partial charge in [0, 0.05) is 31.0 Å². The smallest absolute Gasteiger partial charge is 0.258 e. The molecular formula is C11H8Cl2FN3O4S. The molecule has 0 fully saturated rings. The van der Waals surface area contributed by atoms with Gasteiger partial charge in [0.05, 0.1) is 4.92 Å². The molecule has 7 nitrogen and oxygen atoms in total. The van der Waals surface area contributed by atoms with Gasteiger partial charge in [-0.25, -0.2) is 12.8 Å². The molecule has 118 valence electrons. The summed E-state index contributed by atoms with van der Waals surface area (Å²) in [5.74, 6) is -0.949. The summed E-state index contributed by atoms with van der Waals surface area (Å²) in [4.78, 5) is 9.68. The third-order valence-corrected chi connectivity index (χ3v) is 4.77. The van der Waals surface area contributed by atoms with Crippen LogP contribution in [0, 0.1) is 15.9 Å². The molecule has 2 aromatic rings. The van der Waals surface area contributed by atoms with Crippen molar-refractivity contribution in [2.24, 2.45) is 7.05 Å². The summed E-state index contributed by atoms with van der Waals surface area (Å²) in [5, 5.41) is 14.1. The van der Waals surface area contributed by atoms with Crippen molar-refractivity contribution >= 4 is 38.7 Å². The lowest BCUT2D eigenvalue weighted by Crippen LogP contribution is -2.00. The maximum Gasteiger partial charge on any atom is 0.288 e. The molecule has 1 heterocycles. The number of aromatic nitrogens is 2. The van der Waals surface area contributed by atoms with Crippen LogP contribution < -0.4 is 0 Å². The average Bonchev–Trinajstić information content (AvgIpc) is 2.64. The van der Waals surface area contributed by atoms with E-state index in [0.717, 1.165) is 23.1 Å². The Balaban J connectivity index is 2.87. The molecular weight excluding hydrogens is 360 g/mol. The fourth-order valence-electron chi connectivity index (χ4n) is 1.85. The molecule has 0 unspecified atom stereocenters. The second kappa shape index (κ2) is 5.49. The number of nitrogens with zero attached hydrogens (tertiary/aromatic N) is 3. The standard InChI is InChI=1S/C11H8Cl2FN3O4S/c1-16-11(13)10(22(2,20)21)9(15-16)5-3-8(17(18)19)6(12)4-7(5)14/h3-4H,1-2H3. The Hall–Kier alpha value is -1.71. The first-order valence-electron chi connectivity index (χ1n) is 5.60. The van der Waals surface area contributed by atoms with E-state index in [4.69, 9.17) is 23.2 Å². The summed E-state index contributed by atoms with van der Waals surface area (Å²) in [6, 6.07) is 1.55. The van der Waals surface area contributed by atoms with Crippen molar-refractivity contribution in [3.63, 3.8) is 0 Å². The summed E-state index contributed by atoms with van der Waals surface area (Å²) >= 11 is 11.5. The topological polar surface area (TPSA) is 95.1 Å². The van der Waals surface area contributed by atoms with E-state index in [1.807, 2.05) is 0 Å². The van der Waals surface area contributed by atoms with Gasteiger partial charge < -0.3 is 0 Å². The normalized spacial score (nSPS) is 11.7. The van der Waals surface area contributed by atoms with Crippen LogP contribution in [0.4, 0.5) is 10.1 Å². The molecule has 0 saturated carbocycles. The van der Waals surface area contributed by atoms with Crippen molar-refractivity contribution in [1.29, 1.82) is 0 Å². The predicted octanol–water partition coefficient (Wildman–Crippen LogP) is 2.84. The Morgan fingerprint density at radius 3 is 2.45 bits per heavy atom. The van der Waals surface area contributed by atoms with E-state index in [1.165, 1.54) is 7.05 Å². The maximum absolute atomic E-state index is 14.1. The highest BCUT2D eigenvalue weighted by Gasteiger charge is 2.28. The number of hydrogen-bond acceptors (Lipinski definition) is 5. The van der Waals surface area contributed by atoms with Crippen molar-refractivity contribution in [2.45, 2.75) is 4.90 Å². The van der Waals surface area contributed by atoms with Gasteiger partial charge in [0.15, 0.2) is 9.84 Å². The van der Waals surface area contributed by atoms with Gasteiger partial charge >= 0.3 is 0 Å². The number of sulfone groups is 1. The van der Waals surface area contributed by atoms with Gasteiger partial charge in [-0.3, -0.25) is 14.8 Å². The third kappa shape index (κ3) is 2.79. The van der Waals surface area contributed by atoms with Crippen LogP contribution in [0.2, 0.25) is 10.2 Å². The van der Waals surface area contributed by atoms with Crippen molar-refractivity contribution in [1.82, 2.24) is 9.78 Å². The number of nitro benzene ring substituents is 1. The second-order valence-electron chi connectivity index (χ2n) is 4.40. The number of halogens is 3. The number of aryl methyl sites for hydroxylation is 1. The molecule has 0 N–H and O–H groups in total. The monoisotopic (exact) mass is 367 g/mol. The van der Waals surface area contributed by atoms with E-state index in [2.05, 4.69) is 5.10 Å². The average molecular weight is 368 g/mol. The lowest BCUT2D eigenvalue weighted by atomic mass is 10.1. The summed E-state index contributed by atoms with van der Waals surface area (Å²) in [7, 11) is -2.47. The number of nitro groups is 1. The first-order chi connectivity index (χ1) is 10.0. The van der Waals surface area contributed by atoms with Crippen LogP contribution in [0.3, 0.4) is 0 Å². The minimum atomic E-state index is -3.84. The van der Waals surface area contributed by atoms with Gasteiger partial charge in [-0.2, -0.15) is 5.10 Å². The van der Waals surface area contributed by atoms with Crippen molar-refractivity contribution < 1.29 is 17.7 Å². The van der Waals surface area contributed by atoms with Crippen LogP contribution in [-0.4, -0.2) is 29.4 Å².